The van der Waals surface area contributed by atoms with Gasteiger partial charge in [0.1, 0.15) is 0 Å². The van der Waals surface area contributed by atoms with Gasteiger partial charge in [-0.2, -0.15) is 5.10 Å². The van der Waals surface area contributed by atoms with Gasteiger partial charge in [-0.25, -0.2) is 10.2 Å². The van der Waals surface area contributed by atoms with Gasteiger partial charge in [-0.15, -0.1) is 0 Å². The number of aromatic amines is 1. The zero-order valence-corrected chi connectivity index (χ0v) is 6.94. The second-order valence-corrected chi connectivity index (χ2v) is 2.37. The van der Waals surface area contributed by atoms with E-state index in [2.05, 4.69) is 10.2 Å². The molecular weight excluding hydrogens is 174 g/mol. The van der Waals surface area contributed by atoms with Crippen LogP contribution in [-0.4, -0.2) is 22.0 Å². The number of primary amides is 1. The molecule has 0 unspecified atom stereocenters. The molecule has 1 aromatic heterocycles. The number of amides is 2. The number of rotatable bonds is 2. The van der Waals surface area contributed by atoms with Gasteiger partial charge in [0.25, 0.3) is 5.56 Å². The molecule has 0 fully saturated rings. The van der Waals surface area contributed by atoms with Crippen LogP contribution >= 0.6 is 0 Å². The summed E-state index contributed by atoms with van der Waals surface area (Å²) in [5.74, 6) is 0. The van der Waals surface area contributed by atoms with E-state index in [1.54, 1.807) is 7.05 Å². The van der Waals surface area contributed by atoms with Crippen LogP contribution in [0.1, 0.15) is 5.56 Å². The van der Waals surface area contributed by atoms with Crippen molar-refractivity contribution in [2.24, 2.45) is 17.9 Å². The topological polar surface area (TPSA) is 105 Å². The van der Waals surface area contributed by atoms with Crippen LogP contribution in [0.4, 0.5) is 4.79 Å². The summed E-state index contributed by atoms with van der Waals surface area (Å²) in [5, 5.41) is 5.90. The molecule has 0 aliphatic rings. The van der Waals surface area contributed by atoms with Crippen molar-refractivity contribution in [1.29, 1.82) is 0 Å². The molecule has 1 heterocycles. The zero-order valence-electron chi connectivity index (χ0n) is 6.94. The third-order valence-electron chi connectivity index (χ3n) is 1.25. The molecular formula is C6H9N5O2. The fourth-order valence-electron chi connectivity index (χ4n) is 0.782. The van der Waals surface area contributed by atoms with Crippen molar-refractivity contribution < 1.29 is 4.79 Å². The maximum absolute atomic E-state index is 11.0. The summed E-state index contributed by atoms with van der Waals surface area (Å²) in [5.41, 5.74) is 6.79. The van der Waals surface area contributed by atoms with Gasteiger partial charge in [-0.05, 0) is 0 Å². The SMILES string of the molecule is Cn1cc(/C=N/NC(N)=O)c(=O)[nH]1. The molecule has 0 radical (unpaired) electrons. The Bertz CT molecular complexity index is 388. The molecule has 13 heavy (non-hydrogen) atoms. The molecule has 4 N–H and O–H groups in total. The van der Waals surface area contributed by atoms with Crippen molar-refractivity contribution in [2.75, 3.05) is 0 Å². The lowest BCUT2D eigenvalue weighted by Gasteiger charge is -1.87. The van der Waals surface area contributed by atoms with Crippen LogP contribution in [0.15, 0.2) is 16.1 Å². The highest BCUT2D eigenvalue weighted by Gasteiger charge is 1.97. The van der Waals surface area contributed by atoms with Gasteiger partial charge in [0.15, 0.2) is 0 Å². The smallest absolute Gasteiger partial charge is 0.332 e. The van der Waals surface area contributed by atoms with Gasteiger partial charge >= 0.3 is 6.03 Å². The molecule has 0 aliphatic heterocycles. The number of hydrogen-bond acceptors (Lipinski definition) is 3. The van der Waals surface area contributed by atoms with E-state index in [4.69, 9.17) is 5.73 Å². The van der Waals surface area contributed by atoms with Crippen LogP contribution in [0.5, 0.6) is 0 Å². The van der Waals surface area contributed by atoms with E-state index in [1.807, 2.05) is 5.43 Å². The summed E-state index contributed by atoms with van der Waals surface area (Å²) < 4.78 is 1.48. The number of aryl methyl sites for hydroxylation is 1. The van der Waals surface area contributed by atoms with Crippen molar-refractivity contribution in [3.63, 3.8) is 0 Å². The molecule has 0 bridgehead atoms. The van der Waals surface area contributed by atoms with Gasteiger partial charge in [0.05, 0.1) is 11.8 Å². The first-order chi connectivity index (χ1) is 6.09. The Balaban J connectivity index is 2.74. The lowest BCUT2D eigenvalue weighted by Crippen LogP contribution is -2.24. The van der Waals surface area contributed by atoms with Crippen molar-refractivity contribution in [3.05, 3.63) is 22.1 Å². The summed E-state index contributed by atoms with van der Waals surface area (Å²) in [6.45, 7) is 0. The highest BCUT2D eigenvalue weighted by Crippen LogP contribution is 1.82. The standard InChI is InChI=1S/C6H9N5O2/c1-11-3-4(5(12)10-11)2-8-9-6(7)13/h2-3H,1H3,(H,10,12)(H3,7,9,13)/b8-2+. The Morgan fingerprint density at radius 2 is 2.54 bits per heavy atom. The van der Waals surface area contributed by atoms with E-state index >= 15 is 0 Å². The molecule has 0 atom stereocenters. The van der Waals surface area contributed by atoms with E-state index in [0.717, 1.165) is 0 Å². The summed E-state index contributed by atoms with van der Waals surface area (Å²) >= 11 is 0. The summed E-state index contributed by atoms with van der Waals surface area (Å²) in [7, 11) is 1.67. The second kappa shape index (κ2) is 3.57. The normalized spacial score (nSPS) is 10.5. The summed E-state index contributed by atoms with van der Waals surface area (Å²) in [4.78, 5) is 21.2. The molecule has 2 amide bonds. The first kappa shape index (κ1) is 9.04. The van der Waals surface area contributed by atoms with Gasteiger partial charge in [-0.1, -0.05) is 0 Å². The molecule has 0 spiro atoms. The molecule has 0 saturated carbocycles. The minimum atomic E-state index is -0.774. The zero-order chi connectivity index (χ0) is 9.84. The highest BCUT2D eigenvalue weighted by atomic mass is 16.2. The van der Waals surface area contributed by atoms with Crippen LogP contribution < -0.4 is 16.7 Å². The number of hydrogen-bond donors (Lipinski definition) is 3. The monoisotopic (exact) mass is 183 g/mol. The van der Waals surface area contributed by atoms with Crippen LogP contribution in [0, 0.1) is 0 Å². The molecule has 1 rings (SSSR count). The van der Waals surface area contributed by atoms with Crippen LogP contribution in [0.3, 0.4) is 0 Å². The van der Waals surface area contributed by atoms with Crippen LogP contribution in [-0.2, 0) is 7.05 Å². The fraction of sp³-hybridized carbons (Fsp3) is 0.167. The van der Waals surface area contributed by atoms with Crippen molar-refractivity contribution >= 4 is 12.2 Å². The number of aromatic nitrogens is 2. The second-order valence-electron chi connectivity index (χ2n) is 2.37. The van der Waals surface area contributed by atoms with Crippen molar-refractivity contribution in [1.82, 2.24) is 15.2 Å². The average Bonchev–Trinajstić information content (AvgIpc) is 2.29. The Kier molecular flexibility index (Phi) is 2.48. The summed E-state index contributed by atoms with van der Waals surface area (Å²) in [6.07, 6.45) is 2.75. The molecule has 7 heteroatoms. The van der Waals surface area contributed by atoms with Gasteiger partial charge in [0, 0.05) is 13.2 Å². The number of carbonyl (C=O) groups excluding carboxylic acids is 1. The lowest BCUT2D eigenvalue weighted by molar-refractivity contribution is 0.249. The minimum Gasteiger partial charge on any atom is -0.350 e. The molecule has 0 aliphatic carbocycles. The Hall–Kier alpha value is -2.05. The Morgan fingerprint density at radius 1 is 1.85 bits per heavy atom. The Labute approximate surface area is 73.2 Å². The molecule has 1 aromatic rings. The maximum atomic E-state index is 11.0. The van der Waals surface area contributed by atoms with E-state index in [1.165, 1.54) is 17.1 Å². The van der Waals surface area contributed by atoms with Gasteiger partial charge in [-0.3, -0.25) is 14.6 Å². The molecule has 7 nitrogen and oxygen atoms in total. The van der Waals surface area contributed by atoms with Crippen LogP contribution in [0.2, 0.25) is 0 Å². The molecule has 70 valence electrons. The number of nitrogens with two attached hydrogens (primary N) is 1. The third kappa shape index (κ3) is 2.47. The third-order valence-corrected chi connectivity index (χ3v) is 1.25. The molecule has 0 aromatic carbocycles. The lowest BCUT2D eigenvalue weighted by atomic mass is 10.4. The van der Waals surface area contributed by atoms with Crippen molar-refractivity contribution in [2.45, 2.75) is 0 Å². The fourth-order valence-corrected chi connectivity index (χ4v) is 0.782. The number of carbonyl (C=O) groups is 1. The maximum Gasteiger partial charge on any atom is 0.332 e. The van der Waals surface area contributed by atoms with E-state index in [-0.39, 0.29) is 5.56 Å². The van der Waals surface area contributed by atoms with E-state index < -0.39 is 6.03 Å². The summed E-state index contributed by atoms with van der Waals surface area (Å²) in [6, 6.07) is -0.774. The first-order valence-electron chi connectivity index (χ1n) is 3.44. The molecule has 0 saturated heterocycles. The first-order valence-corrected chi connectivity index (χ1v) is 3.44. The highest BCUT2D eigenvalue weighted by molar-refractivity contribution is 5.80. The number of nitrogens with zero attached hydrogens (tertiary/aromatic N) is 2. The Morgan fingerprint density at radius 3 is 3.00 bits per heavy atom. The van der Waals surface area contributed by atoms with Crippen molar-refractivity contribution in [3.8, 4) is 0 Å². The number of hydrazone groups is 1. The van der Waals surface area contributed by atoms with E-state index in [0.29, 0.717) is 5.56 Å². The predicted octanol–water partition coefficient (Wildman–Crippen LogP) is -1.28. The minimum absolute atomic E-state index is 0.280. The van der Waals surface area contributed by atoms with E-state index in [9.17, 15) is 9.59 Å². The number of nitrogens with one attached hydrogen (secondary N) is 2. The quantitative estimate of drug-likeness (QED) is 0.392. The van der Waals surface area contributed by atoms with Crippen LogP contribution in [0.25, 0.3) is 0 Å². The van der Waals surface area contributed by atoms with Gasteiger partial charge < -0.3 is 5.73 Å². The number of H-pyrrole nitrogens is 1. The van der Waals surface area contributed by atoms with Gasteiger partial charge in [0.2, 0.25) is 0 Å². The number of urea groups is 1. The predicted molar refractivity (Wildman–Crippen MR) is 46.3 cm³/mol. The average molecular weight is 183 g/mol. The largest absolute Gasteiger partial charge is 0.350 e.